The predicted molar refractivity (Wildman–Crippen MR) is 130 cm³/mol. The van der Waals surface area contributed by atoms with Crippen molar-refractivity contribution in [1.29, 1.82) is 5.26 Å². The lowest BCUT2D eigenvalue weighted by atomic mass is 9.90. The van der Waals surface area contributed by atoms with E-state index in [1.54, 1.807) is 12.0 Å². The minimum atomic E-state index is -0.196. The SMILES string of the molecule is C=CC(=O)N1CCN(c2nc(OC)nc3c2CCC(N2CCc4ccccc42)C3)C[C@@H]1CC#N. The van der Waals surface area contributed by atoms with Crippen LogP contribution in [0.4, 0.5) is 11.5 Å². The summed E-state index contributed by atoms with van der Waals surface area (Å²) in [5, 5.41) is 9.34. The lowest BCUT2D eigenvalue weighted by molar-refractivity contribution is -0.128. The molecule has 0 saturated carbocycles. The maximum atomic E-state index is 12.3. The van der Waals surface area contributed by atoms with E-state index in [0.29, 0.717) is 31.7 Å². The summed E-state index contributed by atoms with van der Waals surface area (Å²) in [6, 6.07) is 11.5. The third kappa shape index (κ3) is 3.96. The van der Waals surface area contributed by atoms with Gasteiger partial charge in [-0.3, -0.25) is 4.79 Å². The zero-order chi connectivity index (χ0) is 23.7. The van der Waals surface area contributed by atoms with Gasteiger partial charge in [0.15, 0.2) is 0 Å². The fraction of sp³-hybridized carbons (Fsp3) is 0.462. The molecule has 0 N–H and O–H groups in total. The highest BCUT2D eigenvalue weighted by molar-refractivity contribution is 5.87. The molecule has 2 atom stereocenters. The first-order chi connectivity index (χ1) is 16.6. The molecule has 3 heterocycles. The van der Waals surface area contributed by atoms with E-state index >= 15 is 0 Å². The standard InChI is InChI=1S/C26H30N6O2/c1-3-24(33)32-15-14-30(17-20(32)10-12-27)25-21-9-8-19(16-22(21)28-26(29-25)34-2)31-13-11-18-6-4-5-7-23(18)31/h3-7,19-20H,1,8-11,13-17H2,2H3/t19?,20-/m0/s1. The number of ether oxygens (including phenoxy) is 1. The first-order valence-corrected chi connectivity index (χ1v) is 12.0. The fourth-order valence-electron chi connectivity index (χ4n) is 5.65. The minimum absolute atomic E-state index is 0.129. The van der Waals surface area contributed by atoms with Crippen molar-refractivity contribution in [3.05, 3.63) is 53.7 Å². The highest BCUT2D eigenvalue weighted by Gasteiger charge is 2.35. The number of para-hydroxylation sites is 1. The minimum Gasteiger partial charge on any atom is -0.467 e. The molecule has 8 heteroatoms. The van der Waals surface area contributed by atoms with E-state index < -0.39 is 0 Å². The van der Waals surface area contributed by atoms with Crippen LogP contribution in [0.15, 0.2) is 36.9 Å². The number of carbonyl (C=O) groups excluding carboxylic acids is 1. The number of benzene rings is 1. The summed E-state index contributed by atoms with van der Waals surface area (Å²) in [4.78, 5) is 28.3. The highest BCUT2D eigenvalue weighted by Crippen LogP contribution is 2.37. The van der Waals surface area contributed by atoms with Gasteiger partial charge >= 0.3 is 6.01 Å². The van der Waals surface area contributed by atoms with Crippen LogP contribution < -0.4 is 14.5 Å². The van der Waals surface area contributed by atoms with E-state index in [0.717, 1.165) is 43.7 Å². The van der Waals surface area contributed by atoms with E-state index in [1.165, 1.54) is 22.9 Å². The Morgan fingerprint density at radius 2 is 2.12 bits per heavy atom. The molecular formula is C26H30N6O2. The van der Waals surface area contributed by atoms with E-state index in [1.807, 2.05) is 0 Å². The lowest BCUT2D eigenvalue weighted by Crippen LogP contribution is -2.55. The monoisotopic (exact) mass is 458 g/mol. The summed E-state index contributed by atoms with van der Waals surface area (Å²) in [6.07, 6.45) is 5.48. The van der Waals surface area contributed by atoms with Crippen molar-refractivity contribution in [3.8, 4) is 12.1 Å². The molecule has 0 bridgehead atoms. The highest BCUT2D eigenvalue weighted by atomic mass is 16.5. The van der Waals surface area contributed by atoms with Gasteiger partial charge in [-0.1, -0.05) is 24.8 Å². The largest absolute Gasteiger partial charge is 0.467 e. The zero-order valence-corrected chi connectivity index (χ0v) is 19.6. The number of carbonyl (C=O) groups is 1. The molecule has 1 saturated heterocycles. The van der Waals surface area contributed by atoms with E-state index in [2.05, 4.69) is 46.7 Å². The van der Waals surface area contributed by atoms with Crippen molar-refractivity contribution >= 4 is 17.4 Å². The molecule has 2 aromatic rings. The predicted octanol–water partition coefficient (Wildman–Crippen LogP) is 2.52. The van der Waals surface area contributed by atoms with Gasteiger partial charge in [-0.2, -0.15) is 15.2 Å². The van der Waals surface area contributed by atoms with E-state index in [-0.39, 0.29) is 18.4 Å². The molecule has 0 radical (unpaired) electrons. The molecule has 8 nitrogen and oxygen atoms in total. The van der Waals surface area contributed by atoms with Gasteiger partial charge in [-0.25, -0.2) is 0 Å². The van der Waals surface area contributed by atoms with Gasteiger partial charge in [0.05, 0.1) is 31.3 Å². The number of methoxy groups -OCH3 is 1. The number of anilines is 2. The Kier molecular flexibility index (Phi) is 6.10. The number of piperazine rings is 1. The summed E-state index contributed by atoms with van der Waals surface area (Å²) in [5.74, 6) is 0.756. The Morgan fingerprint density at radius 1 is 1.26 bits per heavy atom. The van der Waals surface area contributed by atoms with Gasteiger partial charge in [0.1, 0.15) is 5.82 Å². The number of nitrogens with zero attached hydrogens (tertiary/aromatic N) is 6. The Bertz CT molecular complexity index is 1140. The van der Waals surface area contributed by atoms with Crippen LogP contribution in [0.5, 0.6) is 6.01 Å². The zero-order valence-electron chi connectivity index (χ0n) is 19.6. The van der Waals surface area contributed by atoms with Crippen LogP contribution in [0.1, 0.15) is 29.7 Å². The van der Waals surface area contributed by atoms with Gasteiger partial charge in [0.25, 0.3) is 0 Å². The molecule has 34 heavy (non-hydrogen) atoms. The molecule has 1 aromatic heterocycles. The first-order valence-electron chi connectivity index (χ1n) is 12.0. The van der Waals surface area contributed by atoms with Gasteiger partial charge in [0.2, 0.25) is 5.91 Å². The quantitative estimate of drug-likeness (QED) is 0.637. The Hall–Kier alpha value is -3.60. The second-order valence-corrected chi connectivity index (χ2v) is 9.13. The summed E-state index contributed by atoms with van der Waals surface area (Å²) in [6.45, 7) is 6.40. The van der Waals surface area contributed by atoms with Crippen molar-refractivity contribution in [2.45, 2.75) is 44.2 Å². The van der Waals surface area contributed by atoms with Crippen LogP contribution in [0.3, 0.4) is 0 Å². The Morgan fingerprint density at radius 3 is 2.91 bits per heavy atom. The average molecular weight is 459 g/mol. The third-order valence-electron chi connectivity index (χ3n) is 7.32. The summed E-state index contributed by atoms with van der Waals surface area (Å²) in [7, 11) is 1.60. The molecule has 2 aliphatic heterocycles. The molecule has 1 aliphatic carbocycles. The number of hydrogen-bond donors (Lipinski definition) is 0. The molecular weight excluding hydrogens is 428 g/mol. The molecule has 1 aromatic carbocycles. The number of hydrogen-bond acceptors (Lipinski definition) is 7. The smallest absolute Gasteiger partial charge is 0.318 e. The van der Waals surface area contributed by atoms with E-state index in [4.69, 9.17) is 14.7 Å². The third-order valence-corrected chi connectivity index (χ3v) is 7.32. The maximum Gasteiger partial charge on any atom is 0.318 e. The lowest BCUT2D eigenvalue weighted by Gasteiger charge is -2.42. The van der Waals surface area contributed by atoms with Crippen LogP contribution in [0, 0.1) is 11.3 Å². The van der Waals surface area contributed by atoms with Crippen molar-refractivity contribution in [2.75, 3.05) is 43.1 Å². The van der Waals surface area contributed by atoms with Gasteiger partial charge in [-0.05, 0) is 37.0 Å². The normalized spacial score (nSPS) is 21.5. The van der Waals surface area contributed by atoms with E-state index in [9.17, 15) is 10.1 Å². The summed E-state index contributed by atoms with van der Waals surface area (Å²) < 4.78 is 5.49. The second-order valence-electron chi connectivity index (χ2n) is 9.13. The molecule has 1 unspecified atom stereocenters. The molecule has 5 rings (SSSR count). The van der Waals surface area contributed by atoms with Crippen molar-refractivity contribution in [2.24, 2.45) is 0 Å². The van der Waals surface area contributed by atoms with Crippen molar-refractivity contribution in [1.82, 2.24) is 14.9 Å². The van der Waals surface area contributed by atoms with Crippen LogP contribution in [0.2, 0.25) is 0 Å². The Balaban J connectivity index is 1.42. The average Bonchev–Trinajstić information content (AvgIpc) is 3.31. The summed E-state index contributed by atoms with van der Waals surface area (Å²) >= 11 is 0. The number of amides is 1. The maximum absolute atomic E-state index is 12.3. The molecule has 1 fully saturated rings. The number of nitriles is 1. The number of aromatic nitrogens is 2. The van der Waals surface area contributed by atoms with Crippen molar-refractivity contribution < 1.29 is 9.53 Å². The fourth-order valence-corrected chi connectivity index (χ4v) is 5.65. The van der Waals surface area contributed by atoms with Gasteiger partial charge in [-0.15, -0.1) is 0 Å². The van der Waals surface area contributed by atoms with Crippen LogP contribution in [-0.4, -0.2) is 66.1 Å². The van der Waals surface area contributed by atoms with Gasteiger partial charge in [0, 0.05) is 49.9 Å². The van der Waals surface area contributed by atoms with Gasteiger partial charge < -0.3 is 19.4 Å². The van der Waals surface area contributed by atoms with Crippen molar-refractivity contribution in [3.63, 3.8) is 0 Å². The number of fused-ring (bicyclic) bond motifs is 2. The Labute approximate surface area is 200 Å². The summed E-state index contributed by atoms with van der Waals surface area (Å²) in [5.41, 5.74) is 4.98. The van der Waals surface area contributed by atoms with Crippen LogP contribution >= 0.6 is 0 Å². The molecule has 0 spiro atoms. The van der Waals surface area contributed by atoms with Crippen LogP contribution in [-0.2, 0) is 24.1 Å². The molecule has 176 valence electrons. The topological polar surface area (TPSA) is 85.6 Å². The number of rotatable bonds is 5. The molecule has 1 amide bonds. The second kappa shape index (κ2) is 9.34. The van der Waals surface area contributed by atoms with Crippen LogP contribution in [0.25, 0.3) is 0 Å². The molecule has 3 aliphatic rings. The first kappa shape index (κ1) is 22.2.